The molecule has 0 aliphatic heterocycles. The van der Waals surface area contributed by atoms with E-state index in [1.807, 2.05) is 48.5 Å². The fourth-order valence-electron chi connectivity index (χ4n) is 2.25. The molecule has 0 aliphatic rings. The summed E-state index contributed by atoms with van der Waals surface area (Å²) >= 11 is 7.52. The molecule has 10 heteroatoms. The Morgan fingerprint density at radius 3 is 2.11 bits per heavy atom. The van der Waals surface area contributed by atoms with Gasteiger partial charge in [-0.2, -0.15) is 8.42 Å². The first kappa shape index (κ1) is 24.3. The summed E-state index contributed by atoms with van der Waals surface area (Å²) in [5, 5.41) is 3.59. The fraction of sp³-hybridized carbons (Fsp3) is 0.278. The van der Waals surface area contributed by atoms with E-state index in [0.717, 1.165) is 23.7 Å². The standard InChI is InChI=1S/C18H21ClN2OS.H2O4S/c1-3-21(4-2)15-11-9-14(10-12-15)20-18(22)13-23-17-8-6-5-7-16(17)19;1-5(2,3)4/h5-12H,3-4,13H2,1-2H3,(H,20,22);(H2,1,2,3,4). The van der Waals surface area contributed by atoms with Crippen LogP contribution in [0.25, 0.3) is 0 Å². The van der Waals surface area contributed by atoms with Crippen LogP contribution in [0.3, 0.4) is 0 Å². The third-order valence-corrected chi connectivity index (χ3v) is 4.99. The molecule has 2 aromatic rings. The number of thioether (sulfide) groups is 1. The van der Waals surface area contributed by atoms with E-state index < -0.39 is 10.4 Å². The average Bonchev–Trinajstić information content (AvgIpc) is 2.62. The minimum atomic E-state index is -4.67. The Morgan fingerprint density at radius 1 is 1.07 bits per heavy atom. The Labute approximate surface area is 174 Å². The number of halogens is 1. The molecule has 0 fully saturated rings. The van der Waals surface area contributed by atoms with Crippen molar-refractivity contribution in [3.05, 3.63) is 53.6 Å². The number of carbonyl (C=O) groups excluding carboxylic acids is 1. The number of hydrogen-bond donors (Lipinski definition) is 3. The lowest BCUT2D eigenvalue weighted by atomic mass is 10.2. The molecule has 0 heterocycles. The predicted octanol–water partition coefficient (Wildman–Crippen LogP) is 4.26. The molecule has 7 nitrogen and oxygen atoms in total. The molecule has 0 spiro atoms. The zero-order valence-corrected chi connectivity index (χ0v) is 17.9. The molecule has 0 aromatic heterocycles. The number of anilines is 2. The molecule has 0 saturated heterocycles. The SMILES string of the molecule is CCN(CC)c1ccc(NC(=O)CSc2ccccc2Cl)cc1.O=S(=O)(O)O. The first-order valence-electron chi connectivity index (χ1n) is 8.36. The van der Waals surface area contributed by atoms with E-state index in [1.54, 1.807) is 0 Å². The first-order valence-corrected chi connectivity index (χ1v) is 11.1. The summed E-state index contributed by atoms with van der Waals surface area (Å²) in [7, 11) is -4.67. The van der Waals surface area contributed by atoms with Gasteiger partial charge in [-0.05, 0) is 50.2 Å². The summed E-state index contributed by atoms with van der Waals surface area (Å²) < 4.78 is 31.6. The van der Waals surface area contributed by atoms with Gasteiger partial charge in [0.1, 0.15) is 0 Å². The van der Waals surface area contributed by atoms with Crippen molar-refractivity contribution in [2.24, 2.45) is 0 Å². The van der Waals surface area contributed by atoms with Crippen LogP contribution in [-0.2, 0) is 15.2 Å². The molecule has 0 radical (unpaired) electrons. The molecule has 3 N–H and O–H groups in total. The van der Waals surface area contributed by atoms with Crippen molar-refractivity contribution < 1.29 is 22.3 Å². The highest BCUT2D eigenvalue weighted by molar-refractivity contribution is 8.00. The van der Waals surface area contributed by atoms with Gasteiger partial charge >= 0.3 is 10.4 Å². The maximum absolute atomic E-state index is 12.0. The molecule has 1 amide bonds. The van der Waals surface area contributed by atoms with Gasteiger partial charge in [-0.3, -0.25) is 13.9 Å². The largest absolute Gasteiger partial charge is 0.394 e. The third-order valence-electron chi connectivity index (χ3n) is 3.48. The minimum Gasteiger partial charge on any atom is -0.372 e. The van der Waals surface area contributed by atoms with Crippen LogP contribution < -0.4 is 10.2 Å². The van der Waals surface area contributed by atoms with E-state index in [1.165, 1.54) is 17.4 Å². The number of hydrogen-bond acceptors (Lipinski definition) is 5. The molecule has 154 valence electrons. The summed E-state index contributed by atoms with van der Waals surface area (Å²) in [5.41, 5.74) is 1.98. The normalized spacial score (nSPS) is 10.6. The van der Waals surface area contributed by atoms with Crippen LogP contribution in [0.2, 0.25) is 5.02 Å². The summed E-state index contributed by atoms with van der Waals surface area (Å²) in [5.74, 6) is 0.298. The van der Waals surface area contributed by atoms with Crippen molar-refractivity contribution in [1.82, 2.24) is 0 Å². The highest BCUT2D eigenvalue weighted by Gasteiger charge is 2.07. The van der Waals surface area contributed by atoms with E-state index >= 15 is 0 Å². The topological polar surface area (TPSA) is 107 Å². The predicted molar refractivity (Wildman–Crippen MR) is 115 cm³/mol. The molecule has 0 unspecified atom stereocenters. The lowest BCUT2D eigenvalue weighted by Gasteiger charge is -2.21. The van der Waals surface area contributed by atoms with E-state index in [-0.39, 0.29) is 5.91 Å². The second-order valence-corrected chi connectivity index (χ2v) is 7.75. The zero-order chi connectivity index (χ0) is 21.2. The summed E-state index contributed by atoms with van der Waals surface area (Å²) in [6, 6.07) is 15.5. The monoisotopic (exact) mass is 446 g/mol. The Morgan fingerprint density at radius 2 is 1.61 bits per heavy atom. The van der Waals surface area contributed by atoms with Crippen molar-refractivity contribution in [2.75, 3.05) is 29.1 Å². The van der Waals surface area contributed by atoms with Crippen LogP contribution in [0.1, 0.15) is 13.8 Å². The van der Waals surface area contributed by atoms with Crippen LogP contribution in [-0.4, -0.2) is 42.3 Å². The van der Waals surface area contributed by atoms with Crippen molar-refractivity contribution in [3.8, 4) is 0 Å². The third kappa shape index (κ3) is 9.95. The quantitative estimate of drug-likeness (QED) is 0.430. The van der Waals surface area contributed by atoms with Crippen LogP contribution in [0, 0.1) is 0 Å². The minimum absolute atomic E-state index is 0.0366. The molecule has 0 bridgehead atoms. The molecule has 2 rings (SSSR count). The van der Waals surface area contributed by atoms with Crippen LogP contribution in [0.15, 0.2) is 53.4 Å². The van der Waals surface area contributed by atoms with Gasteiger partial charge in [-0.1, -0.05) is 23.7 Å². The Bertz CT molecular complexity index is 849. The fourth-order valence-corrected chi connectivity index (χ4v) is 3.29. The van der Waals surface area contributed by atoms with E-state index in [4.69, 9.17) is 29.1 Å². The molecule has 0 saturated carbocycles. The number of nitrogens with one attached hydrogen (secondary N) is 1. The van der Waals surface area contributed by atoms with Gasteiger partial charge in [0, 0.05) is 29.4 Å². The van der Waals surface area contributed by atoms with E-state index in [2.05, 4.69) is 24.1 Å². The molecular weight excluding hydrogens is 424 g/mol. The molecule has 28 heavy (non-hydrogen) atoms. The number of amides is 1. The Kier molecular flexibility index (Phi) is 10.3. The summed E-state index contributed by atoms with van der Waals surface area (Å²) in [4.78, 5) is 15.2. The van der Waals surface area contributed by atoms with Crippen molar-refractivity contribution in [1.29, 1.82) is 0 Å². The Hall–Kier alpha value is -1.78. The smallest absolute Gasteiger partial charge is 0.372 e. The maximum Gasteiger partial charge on any atom is 0.394 e. The molecule has 0 aliphatic carbocycles. The van der Waals surface area contributed by atoms with E-state index in [0.29, 0.717) is 10.8 Å². The van der Waals surface area contributed by atoms with Gasteiger partial charge in [0.25, 0.3) is 0 Å². The van der Waals surface area contributed by atoms with E-state index in [9.17, 15) is 4.79 Å². The lowest BCUT2D eigenvalue weighted by molar-refractivity contribution is -0.113. The van der Waals surface area contributed by atoms with Gasteiger partial charge < -0.3 is 10.2 Å². The van der Waals surface area contributed by atoms with Gasteiger partial charge in [-0.15, -0.1) is 11.8 Å². The highest BCUT2D eigenvalue weighted by atomic mass is 35.5. The van der Waals surface area contributed by atoms with Crippen molar-refractivity contribution in [3.63, 3.8) is 0 Å². The molecule has 2 aromatic carbocycles. The van der Waals surface area contributed by atoms with Crippen LogP contribution >= 0.6 is 23.4 Å². The number of rotatable bonds is 7. The maximum atomic E-state index is 12.0. The average molecular weight is 447 g/mol. The number of benzene rings is 2. The number of carbonyl (C=O) groups is 1. The van der Waals surface area contributed by atoms with Gasteiger partial charge in [-0.25, -0.2) is 0 Å². The van der Waals surface area contributed by atoms with Crippen LogP contribution in [0.5, 0.6) is 0 Å². The lowest BCUT2D eigenvalue weighted by Crippen LogP contribution is -2.21. The highest BCUT2D eigenvalue weighted by Crippen LogP contribution is 2.26. The second kappa shape index (κ2) is 11.9. The molecular formula is C18H23ClN2O5S2. The van der Waals surface area contributed by atoms with Crippen molar-refractivity contribution >= 4 is 51.0 Å². The van der Waals surface area contributed by atoms with Crippen molar-refractivity contribution in [2.45, 2.75) is 18.7 Å². The first-order chi connectivity index (χ1) is 13.1. The second-order valence-electron chi connectivity index (χ2n) is 5.43. The van der Waals surface area contributed by atoms with Gasteiger partial charge in [0.2, 0.25) is 5.91 Å². The molecule has 0 atom stereocenters. The van der Waals surface area contributed by atoms with Crippen LogP contribution in [0.4, 0.5) is 11.4 Å². The van der Waals surface area contributed by atoms with Gasteiger partial charge in [0.05, 0.1) is 10.8 Å². The summed E-state index contributed by atoms with van der Waals surface area (Å²) in [6.45, 7) is 6.20. The summed E-state index contributed by atoms with van der Waals surface area (Å²) in [6.07, 6.45) is 0. The Balaban J connectivity index is 0.000000696. The zero-order valence-electron chi connectivity index (χ0n) is 15.5. The van der Waals surface area contributed by atoms with Gasteiger partial charge in [0.15, 0.2) is 0 Å². The number of nitrogens with zero attached hydrogens (tertiary/aromatic N) is 1.